The van der Waals surface area contributed by atoms with Gasteiger partial charge in [-0.15, -0.1) is 11.3 Å². The molecule has 3 rings (SSSR count). The zero-order chi connectivity index (χ0) is 17.1. The molecule has 0 N–H and O–H groups in total. The third kappa shape index (κ3) is 4.21. The lowest BCUT2D eigenvalue weighted by molar-refractivity contribution is -0.132. The summed E-state index contributed by atoms with van der Waals surface area (Å²) >= 11 is 1.57. The fourth-order valence-electron chi connectivity index (χ4n) is 3.08. The van der Waals surface area contributed by atoms with Crippen LogP contribution in [0.3, 0.4) is 0 Å². The molecule has 0 aromatic carbocycles. The normalized spacial score (nSPS) is 15.9. The molecular formula is C17H25N5OS. The summed E-state index contributed by atoms with van der Waals surface area (Å²) in [6, 6.07) is 2.11. The summed E-state index contributed by atoms with van der Waals surface area (Å²) in [6.07, 6.45) is 0.435. The minimum atomic E-state index is 0.197. The molecule has 1 aliphatic heterocycles. The van der Waals surface area contributed by atoms with Gasteiger partial charge in [-0.25, -0.2) is 4.98 Å². The van der Waals surface area contributed by atoms with E-state index in [1.165, 1.54) is 5.69 Å². The molecule has 0 bridgehead atoms. The van der Waals surface area contributed by atoms with E-state index in [4.69, 9.17) is 0 Å². The number of rotatable bonds is 5. The molecule has 3 heterocycles. The van der Waals surface area contributed by atoms with Crippen LogP contribution in [0.5, 0.6) is 0 Å². The highest BCUT2D eigenvalue weighted by atomic mass is 32.1. The van der Waals surface area contributed by atoms with Crippen molar-refractivity contribution in [1.82, 2.24) is 24.6 Å². The minimum Gasteiger partial charge on any atom is -0.340 e. The lowest BCUT2D eigenvalue weighted by Crippen LogP contribution is -2.49. The zero-order valence-electron chi connectivity index (χ0n) is 14.7. The van der Waals surface area contributed by atoms with Gasteiger partial charge in [0.25, 0.3) is 0 Å². The van der Waals surface area contributed by atoms with Crippen molar-refractivity contribution in [3.63, 3.8) is 0 Å². The van der Waals surface area contributed by atoms with Crippen LogP contribution in [0.15, 0.2) is 11.4 Å². The SMILES string of the molecule is Cc1csc(CC(=O)N2CCN(CCn3nc(C)cc3C)CC2)n1. The molecule has 0 saturated carbocycles. The van der Waals surface area contributed by atoms with Crippen molar-refractivity contribution in [3.05, 3.63) is 33.5 Å². The van der Waals surface area contributed by atoms with Crippen molar-refractivity contribution >= 4 is 17.2 Å². The van der Waals surface area contributed by atoms with Crippen LogP contribution in [0.1, 0.15) is 22.1 Å². The maximum atomic E-state index is 12.4. The van der Waals surface area contributed by atoms with Crippen LogP contribution in [-0.4, -0.2) is 63.2 Å². The second-order valence-electron chi connectivity index (χ2n) is 6.43. The van der Waals surface area contributed by atoms with Gasteiger partial charge in [-0.3, -0.25) is 14.4 Å². The van der Waals surface area contributed by atoms with Gasteiger partial charge in [0.05, 0.1) is 18.7 Å². The van der Waals surface area contributed by atoms with Crippen LogP contribution in [0.25, 0.3) is 0 Å². The fraction of sp³-hybridized carbons (Fsp3) is 0.588. The lowest BCUT2D eigenvalue weighted by atomic mass is 10.2. The monoisotopic (exact) mass is 347 g/mol. The summed E-state index contributed by atoms with van der Waals surface area (Å²) in [5, 5.41) is 7.43. The van der Waals surface area contributed by atoms with E-state index >= 15 is 0 Å². The van der Waals surface area contributed by atoms with Crippen LogP contribution in [-0.2, 0) is 17.8 Å². The molecule has 0 atom stereocenters. The number of thiazole rings is 1. The van der Waals surface area contributed by atoms with E-state index in [-0.39, 0.29) is 5.91 Å². The molecule has 1 saturated heterocycles. The first-order chi connectivity index (χ1) is 11.5. The van der Waals surface area contributed by atoms with Crippen LogP contribution >= 0.6 is 11.3 Å². The van der Waals surface area contributed by atoms with E-state index in [2.05, 4.69) is 32.7 Å². The van der Waals surface area contributed by atoms with E-state index < -0.39 is 0 Å². The maximum Gasteiger partial charge on any atom is 0.229 e. The first kappa shape index (κ1) is 17.1. The number of hydrogen-bond acceptors (Lipinski definition) is 5. The number of carbonyl (C=O) groups excluding carboxylic acids is 1. The first-order valence-electron chi connectivity index (χ1n) is 8.43. The predicted octanol–water partition coefficient (Wildman–Crippen LogP) is 1.65. The van der Waals surface area contributed by atoms with Gasteiger partial charge in [-0.2, -0.15) is 5.10 Å². The van der Waals surface area contributed by atoms with Gasteiger partial charge in [0.1, 0.15) is 5.01 Å². The topological polar surface area (TPSA) is 54.3 Å². The average Bonchev–Trinajstić information content (AvgIpc) is 3.10. The summed E-state index contributed by atoms with van der Waals surface area (Å²) in [7, 11) is 0. The summed E-state index contributed by atoms with van der Waals surface area (Å²) in [4.78, 5) is 21.1. The Morgan fingerprint density at radius 3 is 2.46 bits per heavy atom. The van der Waals surface area contributed by atoms with Gasteiger partial charge in [0, 0.05) is 49.5 Å². The third-order valence-corrected chi connectivity index (χ3v) is 5.39. The smallest absolute Gasteiger partial charge is 0.229 e. The molecule has 1 amide bonds. The second-order valence-corrected chi connectivity index (χ2v) is 7.37. The Hall–Kier alpha value is -1.73. The molecule has 7 heteroatoms. The van der Waals surface area contributed by atoms with Crippen LogP contribution in [0, 0.1) is 20.8 Å². The molecule has 2 aromatic rings. The maximum absolute atomic E-state index is 12.4. The quantitative estimate of drug-likeness (QED) is 0.825. The molecule has 130 valence electrons. The first-order valence-corrected chi connectivity index (χ1v) is 9.31. The molecule has 6 nitrogen and oxygen atoms in total. The second kappa shape index (κ2) is 7.44. The van der Waals surface area contributed by atoms with Crippen molar-refractivity contribution in [1.29, 1.82) is 0 Å². The van der Waals surface area contributed by atoms with Crippen molar-refractivity contribution in [3.8, 4) is 0 Å². The number of piperazine rings is 1. The number of amides is 1. The number of aryl methyl sites for hydroxylation is 3. The van der Waals surface area contributed by atoms with E-state index in [9.17, 15) is 4.79 Å². The average molecular weight is 347 g/mol. The van der Waals surface area contributed by atoms with Crippen LogP contribution < -0.4 is 0 Å². The highest BCUT2D eigenvalue weighted by molar-refractivity contribution is 7.09. The van der Waals surface area contributed by atoms with E-state index in [0.717, 1.165) is 55.7 Å². The number of hydrogen-bond donors (Lipinski definition) is 0. The molecule has 2 aromatic heterocycles. The van der Waals surface area contributed by atoms with Crippen molar-refractivity contribution in [2.45, 2.75) is 33.7 Å². The molecule has 0 spiro atoms. The Labute approximate surface area is 147 Å². The van der Waals surface area contributed by atoms with E-state index in [1.54, 1.807) is 11.3 Å². The Bertz CT molecular complexity index is 700. The van der Waals surface area contributed by atoms with Gasteiger partial charge >= 0.3 is 0 Å². The molecular weight excluding hydrogens is 322 g/mol. The van der Waals surface area contributed by atoms with Crippen LogP contribution in [0.2, 0.25) is 0 Å². The van der Waals surface area contributed by atoms with Gasteiger partial charge in [0.15, 0.2) is 0 Å². The Kier molecular flexibility index (Phi) is 5.30. The summed E-state index contributed by atoms with van der Waals surface area (Å²) < 4.78 is 2.07. The third-order valence-electron chi connectivity index (χ3n) is 4.43. The largest absolute Gasteiger partial charge is 0.340 e. The van der Waals surface area contributed by atoms with Crippen molar-refractivity contribution < 1.29 is 4.79 Å². The number of nitrogens with zero attached hydrogens (tertiary/aromatic N) is 5. The summed E-state index contributed by atoms with van der Waals surface area (Å²) in [5.74, 6) is 0.197. The molecule has 1 aliphatic rings. The molecule has 0 radical (unpaired) electrons. The molecule has 0 unspecified atom stereocenters. The Morgan fingerprint density at radius 2 is 1.88 bits per heavy atom. The standard InChI is InChI=1S/C17H25N5OS/c1-13-10-15(3)22(19-13)9-6-20-4-7-21(8-5-20)17(23)11-16-18-14(2)12-24-16/h10,12H,4-9,11H2,1-3H3. The summed E-state index contributed by atoms with van der Waals surface area (Å²) in [6.45, 7) is 11.5. The van der Waals surface area contributed by atoms with Gasteiger partial charge in [0.2, 0.25) is 5.91 Å². The summed E-state index contributed by atoms with van der Waals surface area (Å²) in [5.41, 5.74) is 3.28. The predicted molar refractivity (Wildman–Crippen MR) is 95.3 cm³/mol. The Morgan fingerprint density at radius 1 is 1.12 bits per heavy atom. The van der Waals surface area contributed by atoms with E-state index in [1.807, 2.05) is 24.1 Å². The fourth-order valence-corrected chi connectivity index (χ4v) is 3.85. The Balaban J connectivity index is 1.43. The molecule has 0 aliphatic carbocycles. The minimum absolute atomic E-state index is 0.197. The molecule has 1 fully saturated rings. The van der Waals surface area contributed by atoms with Gasteiger partial charge in [-0.1, -0.05) is 0 Å². The van der Waals surface area contributed by atoms with Gasteiger partial charge in [-0.05, 0) is 26.8 Å². The van der Waals surface area contributed by atoms with Gasteiger partial charge < -0.3 is 4.90 Å². The zero-order valence-corrected chi connectivity index (χ0v) is 15.5. The van der Waals surface area contributed by atoms with Crippen molar-refractivity contribution in [2.75, 3.05) is 32.7 Å². The highest BCUT2D eigenvalue weighted by Gasteiger charge is 2.21. The number of aromatic nitrogens is 3. The highest BCUT2D eigenvalue weighted by Crippen LogP contribution is 2.12. The van der Waals surface area contributed by atoms with Crippen LogP contribution in [0.4, 0.5) is 0 Å². The van der Waals surface area contributed by atoms with Crippen molar-refractivity contribution in [2.24, 2.45) is 0 Å². The number of carbonyl (C=O) groups is 1. The molecule has 24 heavy (non-hydrogen) atoms. The lowest BCUT2D eigenvalue weighted by Gasteiger charge is -2.34. The van der Waals surface area contributed by atoms with E-state index in [0.29, 0.717) is 6.42 Å².